The molecule has 0 amide bonds. The molecule has 114 valence electrons. The van der Waals surface area contributed by atoms with E-state index in [-0.39, 0.29) is 17.1 Å². The van der Waals surface area contributed by atoms with Crippen LogP contribution in [0.5, 0.6) is 0 Å². The van der Waals surface area contributed by atoms with Crippen molar-refractivity contribution in [3.8, 4) is 0 Å². The first-order chi connectivity index (χ1) is 10.1. The number of hydrogen-bond donors (Lipinski definition) is 5. The second kappa shape index (κ2) is 5.07. The van der Waals surface area contributed by atoms with Crippen LogP contribution in [-0.4, -0.2) is 66.8 Å². The zero-order chi connectivity index (χ0) is 15.1. The number of aliphatic hydroxyl groups is 3. The van der Waals surface area contributed by atoms with E-state index in [9.17, 15) is 15.0 Å². The van der Waals surface area contributed by atoms with Gasteiger partial charge in [0.1, 0.15) is 18.3 Å². The van der Waals surface area contributed by atoms with Crippen LogP contribution >= 0.6 is 0 Å². The van der Waals surface area contributed by atoms with Crippen LogP contribution in [-0.2, 0) is 4.74 Å². The number of H-pyrrole nitrogens is 1. The largest absolute Gasteiger partial charge is 0.394 e. The van der Waals surface area contributed by atoms with Gasteiger partial charge in [-0.2, -0.15) is 4.98 Å². The molecule has 0 spiro atoms. The first-order valence-corrected chi connectivity index (χ1v) is 6.34. The van der Waals surface area contributed by atoms with Crippen molar-refractivity contribution in [3.05, 3.63) is 16.7 Å². The van der Waals surface area contributed by atoms with Crippen LogP contribution in [0.4, 0.5) is 5.95 Å². The van der Waals surface area contributed by atoms with Crippen LogP contribution in [0.3, 0.4) is 0 Å². The molecule has 0 aliphatic carbocycles. The fourth-order valence-electron chi connectivity index (χ4n) is 2.34. The topological polar surface area (TPSA) is 146 Å². The minimum atomic E-state index is -1.27. The van der Waals surface area contributed by atoms with Gasteiger partial charge in [0.2, 0.25) is 5.95 Å². The molecule has 0 radical (unpaired) electrons. The highest BCUT2D eigenvalue weighted by molar-refractivity contribution is 5.70. The number of nitrogens with one attached hydrogen (secondary N) is 2. The third-order valence-corrected chi connectivity index (χ3v) is 3.46. The summed E-state index contributed by atoms with van der Waals surface area (Å²) in [5.74, 6) is 0.237. The van der Waals surface area contributed by atoms with E-state index in [1.165, 1.54) is 10.9 Å². The zero-order valence-corrected chi connectivity index (χ0v) is 11.1. The maximum atomic E-state index is 11.8. The molecule has 0 bridgehead atoms. The van der Waals surface area contributed by atoms with Gasteiger partial charge in [0.25, 0.3) is 5.56 Å². The van der Waals surface area contributed by atoms with Gasteiger partial charge < -0.3 is 25.4 Å². The molecule has 4 atom stereocenters. The number of ether oxygens (including phenoxy) is 1. The molecule has 10 heteroatoms. The summed E-state index contributed by atoms with van der Waals surface area (Å²) in [4.78, 5) is 22.5. The van der Waals surface area contributed by atoms with E-state index < -0.39 is 36.7 Å². The molecule has 1 fully saturated rings. The van der Waals surface area contributed by atoms with E-state index in [0.29, 0.717) is 0 Å². The Balaban J connectivity index is 2.09. The highest BCUT2D eigenvalue weighted by Gasteiger charge is 2.44. The Morgan fingerprint density at radius 2 is 2.24 bits per heavy atom. The van der Waals surface area contributed by atoms with Crippen molar-refractivity contribution in [2.24, 2.45) is 0 Å². The molecule has 2 aromatic rings. The predicted octanol–water partition coefficient (Wildman–Crippen LogP) is -2.23. The average Bonchev–Trinajstić information content (AvgIpc) is 3.02. The van der Waals surface area contributed by atoms with E-state index in [2.05, 4.69) is 20.3 Å². The zero-order valence-electron chi connectivity index (χ0n) is 11.1. The second-order valence-electron chi connectivity index (χ2n) is 4.72. The van der Waals surface area contributed by atoms with Gasteiger partial charge in [-0.3, -0.25) is 14.3 Å². The summed E-state index contributed by atoms with van der Waals surface area (Å²) in [7, 11) is 1.59. The van der Waals surface area contributed by atoms with E-state index >= 15 is 0 Å². The highest BCUT2D eigenvalue weighted by Crippen LogP contribution is 2.30. The Kier molecular flexibility index (Phi) is 3.37. The summed E-state index contributed by atoms with van der Waals surface area (Å²) in [6.07, 6.45) is -3.09. The molecular weight excluding hydrogens is 282 g/mol. The van der Waals surface area contributed by atoms with Crippen LogP contribution in [0, 0.1) is 0 Å². The van der Waals surface area contributed by atoms with E-state index in [1.807, 2.05) is 0 Å². The van der Waals surface area contributed by atoms with Crippen LogP contribution in [0.25, 0.3) is 11.2 Å². The number of hydrogen-bond acceptors (Lipinski definition) is 8. The van der Waals surface area contributed by atoms with Gasteiger partial charge in [-0.05, 0) is 0 Å². The monoisotopic (exact) mass is 297 g/mol. The molecule has 21 heavy (non-hydrogen) atoms. The number of anilines is 1. The summed E-state index contributed by atoms with van der Waals surface area (Å²) in [5, 5.41) is 31.6. The first-order valence-electron chi connectivity index (χ1n) is 6.34. The van der Waals surface area contributed by atoms with Gasteiger partial charge >= 0.3 is 0 Å². The molecule has 3 heterocycles. The van der Waals surface area contributed by atoms with Gasteiger partial charge in [0.05, 0.1) is 12.9 Å². The number of aromatic amines is 1. The molecule has 1 aliphatic heterocycles. The Morgan fingerprint density at radius 1 is 1.48 bits per heavy atom. The van der Waals surface area contributed by atoms with Crippen molar-refractivity contribution < 1.29 is 20.1 Å². The lowest BCUT2D eigenvalue weighted by Gasteiger charge is -2.16. The van der Waals surface area contributed by atoms with Crippen LogP contribution in [0.1, 0.15) is 6.23 Å². The maximum Gasteiger partial charge on any atom is 0.280 e. The summed E-state index contributed by atoms with van der Waals surface area (Å²) >= 11 is 0. The summed E-state index contributed by atoms with van der Waals surface area (Å²) in [6.45, 7) is -0.433. The SMILES string of the molecule is CNc1nc2c(ncn2[C@@H]2O[C@H](CO)[C@@H](O)[C@@H]2O)c(=O)[nH]1. The van der Waals surface area contributed by atoms with Gasteiger partial charge in [-0.25, -0.2) is 4.98 Å². The molecule has 0 saturated carbocycles. The van der Waals surface area contributed by atoms with Crippen molar-refractivity contribution in [1.82, 2.24) is 19.5 Å². The van der Waals surface area contributed by atoms with Crippen LogP contribution in [0.2, 0.25) is 0 Å². The standard InChI is InChI=1S/C11H15N5O5/c1-12-11-14-8-5(9(20)15-11)13-3-16(8)10-7(19)6(18)4(2-17)21-10/h3-4,6-7,10,17-19H,2H2,1H3,(H2,12,14,15,20)/t4-,6-,7+,10-/m1/s1. The molecule has 2 aromatic heterocycles. The number of fused-ring (bicyclic) bond motifs is 1. The molecule has 3 rings (SSSR count). The Labute approximate surface area is 118 Å². The van der Waals surface area contributed by atoms with E-state index in [4.69, 9.17) is 9.84 Å². The molecule has 10 nitrogen and oxygen atoms in total. The normalized spacial score (nSPS) is 29.1. The molecule has 1 saturated heterocycles. The summed E-state index contributed by atoms with van der Waals surface area (Å²) < 4.78 is 6.76. The lowest BCUT2D eigenvalue weighted by Crippen LogP contribution is -2.33. The van der Waals surface area contributed by atoms with Gasteiger partial charge in [-0.1, -0.05) is 0 Å². The predicted molar refractivity (Wildman–Crippen MR) is 70.7 cm³/mol. The lowest BCUT2D eigenvalue weighted by atomic mass is 10.1. The van der Waals surface area contributed by atoms with Crippen molar-refractivity contribution in [3.63, 3.8) is 0 Å². The molecular formula is C11H15N5O5. The Hall–Kier alpha value is -2.01. The Bertz CT molecular complexity index is 713. The Morgan fingerprint density at radius 3 is 2.86 bits per heavy atom. The summed E-state index contributed by atoms with van der Waals surface area (Å²) in [6, 6.07) is 0. The molecule has 1 aliphatic rings. The van der Waals surface area contributed by atoms with Gasteiger partial charge in [-0.15, -0.1) is 0 Å². The molecule has 0 unspecified atom stereocenters. The van der Waals surface area contributed by atoms with Crippen molar-refractivity contribution in [2.45, 2.75) is 24.5 Å². The number of aliphatic hydroxyl groups excluding tert-OH is 3. The fourth-order valence-corrected chi connectivity index (χ4v) is 2.34. The number of imidazole rings is 1. The maximum absolute atomic E-state index is 11.8. The van der Waals surface area contributed by atoms with Gasteiger partial charge in [0.15, 0.2) is 17.4 Å². The van der Waals surface area contributed by atoms with Crippen molar-refractivity contribution in [1.29, 1.82) is 0 Å². The van der Waals surface area contributed by atoms with Crippen LogP contribution < -0.4 is 10.9 Å². The first kappa shape index (κ1) is 13.9. The third-order valence-electron chi connectivity index (χ3n) is 3.46. The van der Waals surface area contributed by atoms with Crippen LogP contribution in [0.15, 0.2) is 11.1 Å². The average molecular weight is 297 g/mol. The molecule has 0 aromatic carbocycles. The number of rotatable bonds is 3. The quantitative estimate of drug-likeness (QED) is 0.428. The summed E-state index contributed by atoms with van der Waals surface area (Å²) in [5.41, 5.74) is -0.139. The highest BCUT2D eigenvalue weighted by atomic mass is 16.6. The smallest absolute Gasteiger partial charge is 0.280 e. The molecule has 5 N–H and O–H groups in total. The van der Waals surface area contributed by atoms with Crippen molar-refractivity contribution in [2.75, 3.05) is 19.0 Å². The second-order valence-corrected chi connectivity index (χ2v) is 4.72. The third kappa shape index (κ3) is 2.08. The van der Waals surface area contributed by atoms with Gasteiger partial charge in [0, 0.05) is 7.05 Å². The minimum absolute atomic E-state index is 0.0896. The lowest BCUT2D eigenvalue weighted by molar-refractivity contribution is -0.0511. The van der Waals surface area contributed by atoms with E-state index in [1.54, 1.807) is 7.05 Å². The fraction of sp³-hybridized carbons (Fsp3) is 0.545. The number of aromatic nitrogens is 4. The van der Waals surface area contributed by atoms with Crippen molar-refractivity contribution >= 4 is 17.1 Å². The van der Waals surface area contributed by atoms with E-state index in [0.717, 1.165) is 0 Å². The number of nitrogens with zero attached hydrogens (tertiary/aromatic N) is 3. The minimum Gasteiger partial charge on any atom is -0.394 e.